The van der Waals surface area contributed by atoms with Gasteiger partial charge in [0.1, 0.15) is 5.75 Å². The Bertz CT molecular complexity index is 348. The zero-order chi connectivity index (χ0) is 11.1. The fourth-order valence-electron chi connectivity index (χ4n) is 0.987. The number of hydrazone groups is 1. The van der Waals surface area contributed by atoms with E-state index >= 15 is 0 Å². The fraction of sp³-hybridized carbons (Fsp3) is 0.200. The fourth-order valence-corrected chi connectivity index (χ4v) is 1.04. The highest BCUT2D eigenvalue weighted by atomic mass is 32.1. The SMILES string of the molecule is CCOc1ccc(/C=N\NC(N)=S)cc1. The molecule has 0 saturated heterocycles. The molecule has 80 valence electrons. The van der Waals surface area contributed by atoms with Crippen LogP contribution in [0, 0.1) is 0 Å². The van der Waals surface area contributed by atoms with Crippen LogP contribution in [-0.2, 0) is 0 Å². The Labute approximate surface area is 94.1 Å². The predicted molar refractivity (Wildman–Crippen MR) is 65.1 cm³/mol. The van der Waals surface area contributed by atoms with Crippen molar-refractivity contribution in [2.75, 3.05) is 6.61 Å². The van der Waals surface area contributed by atoms with Gasteiger partial charge in [-0.05, 0) is 49.0 Å². The Morgan fingerprint density at radius 1 is 1.53 bits per heavy atom. The minimum Gasteiger partial charge on any atom is -0.494 e. The summed E-state index contributed by atoms with van der Waals surface area (Å²) in [5.41, 5.74) is 8.63. The first kappa shape index (κ1) is 11.5. The van der Waals surface area contributed by atoms with Crippen LogP contribution in [0.2, 0.25) is 0 Å². The summed E-state index contributed by atoms with van der Waals surface area (Å²) in [7, 11) is 0. The van der Waals surface area contributed by atoms with Gasteiger partial charge in [-0.3, -0.25) is 5.43 Å². The molecule has 0 bridgehead atoms. The molecule has 0 aliphatic carbocycles. The monoisotopic (exact) mass is 223 g/mol. The van der Waals surface area contributed by atoms with Crippen LogP contribution in [0.5, 0.6) is 5.75 Å². The predicted octanol–water partition coefficient (Wildman–Crippen LogP) is 1.25. The first-order chi connectivity index (χ1) is 7.22. The standard InChI is InChI=1S/C10H13N3OS/c1-2-14-9-5-3-8(4-6-9)7-12-13-10(11)15/h3-7H,2H2,1H3,(H3,11,13,15)/b12-7-. The van der Waals surface area contributed by atoms with Gasteiger partial charge < -0.3 is 10.5 Å². The molecule has 0 amide bonds. The number of hydrogen-bond acceptors (Lipinski definition) is 3. The van der Waals surface area contributed by atoms with E-state index in [2.05, 4.69) is 22.7 Å². The van der Waals surface area contributed by atoms with Crippen LogP contribution in [0.15, 0.2) is 29.4 Å². The van der Waals surface area contributed by atoms with Crippen molar-refractivity contribution in [3.8, 4) is 5.75 Å². The third-order valence-electron chi connectivity index (χ3n) is 1.58. The maximum absolute atomic E-state index is 5.30. The highest BCUT2D eigenvalue weighted by Crippen LogP contribution is 2.10. The highest BCUT2D eigenvalue weighted by Gasteiger charge is 1.91. The van der Waals surface area contributed by atoms with Gasteiger partial charge in [0.15, 0.2) is 5.11 Å². The summed E-state index contributed by atoms with van der Waals surface area (Å²) in [6.07, 6.45) is 1.63. The molecule has 0 aromatic heterocycles. The number of hydrogen-bond donors (Lipinski definition) is 2. The van der Waals surface area contributed by atoms with Gasteiger partial charge in [0.05, 0.1) is 12.8 Å². The topological polar surface area (TPSA) is 59.6 Å². The first-order valence-corrected chi connectivity index (χ1v) is 4.94. The van der Waals surface area contributed by atoms with Gasteiger partial charge in [-0.15, -0.1) is 0 Å². The van der Waals surface area contributed by atoms with Crippen LogP contribution in [0.4, 0.5) is 0 Å². The molecule has 0 heterocycles. The Hall–Kier alpha value is -1.62. The van der Waals surface area contributed by atoms with Crippen molar-refractivity contribution >= 4 is 23.5 Å². The Balaban J connectivity index is 2.56. The average molecular weight is 223 g/mol. The molecule has 0 spiro atoms. The van der Waals surface area contributed by atoms with Crippen molar-refractivity contribution < 1.29 is 4.74 Å². The Kier molecular flexibility index (Phi) is 4.56. The first-order valence-electron chi connectivity index (χ1n) is 4.53. The molecule has 4 nitrogen and oxygen atoms in total. The minimum atomic E-state index is 0.150. The number of benzene rings is 1. The molecule has 0 fully saturated rings. The average Bonchev–Trinajstić information content (AvgIpc) is 2.20. The number of ether oxygens (including phenoxy) is 1. The Morgan fingerprint density at radius 2 is 2.20 bits per heavy atom. The van der Waals surface area contributed by atoms with E-state index in [9.17, 15) is 0 Å². The van der Waals surface area contributed by atoms with Crippen molar-refractivity contribution in [1.29, 1.82) is 0 Å². The molecule has 0 unspecified atom stereocenters. The summed E-state index contributed by atoms with van der Waals surface area (Å²) in [6, 6.07) is 7.56. The molecule has 0 aliphatic heterocycles. The molecule has 1 aromatic rings. The maximum atomic E-state index is 5.30. The molecule has 0 saturated carbocycles. The summed E-state index contributed by atoms with van der Waals surface area (Å²) in [6.45, 7) is 2.61. The molecule has 3 N–H and O–H groups in total. The summed E-state index contributed by atoms with van der Waals surface area (Å²) in [5.74, 6) is 0.844. The second kappa shape index (κ2) is 5.98. The van der Waals surface area contributed by atoms with Crippen LogP contribution in [-0.4, -0.2) is 17.9 Å². The lowest BCUT2D eigenvalue weighted by Crippen LogP contribution is -2.23. The molecule has 0 aliphatic rings. The highest BCUT2D eigenvalue weighted by molar-refractivity contribution is 7.80. The van der Waals surface area contributed by atoms with E-state index in [4.69, 9.17) is 10.5 Å². The van der Waals surface area contributed by atoms with Crippen LogP contribution in [0.3, 0.4) is 0 Å². The second-order valence-electron chi connectivity index (χ2n) is 2.74. The number of rotatable bonds is 4. The van der Waals surface area contributed by atoms with E-state index in [1.54, 1.807) is 6.21 Å². The lowest BCUT2D eigenvalue weighted by Gasteiger charge is -2.01. The summed E-state index contributed by atoms with van der Waals surface area (Å²) in [4.78, 5) is 0. The zero-order valence-corrected chi connectivity index (χ0v) is 9.25. The summed E-state index contributed by atoms with van der Waals surface area (Å²) < 4.78 is 5.30. The molecule has 1 rings (SSSR count). The van der Waals surface area contributed by atoms with Crippen LogP contribution >= 0.6 is 12.2 Å². The van der Waals surface area contributed by atoms with Crippen molar-refractivity contribution in [2.45, 2.75) is 6.92 Å². The molecule has 5 heteroatoms. The van der Waals surface area contributed by atoms with E-state index in [1.165, 1.54) is 0 Å². The zero-order valence-electron chi connectivity index (χ0n) is 8.43. The van der Waals surface area contributed by atoms with Gasteiger partial charge >= 0.3 is 0 Å². The third kappa shape index (κ3) is 4.42. The van der Waals surface area contributed by atoms with E-state index in [1.807, 2.05) is 31.2 Å². The van der Waals surface area contributed by atoms with E-state index < -0.39 is 0 Å². The number of nitrogens with two attached hydrogens (primary N) is 1. The van der Waals surface area contributed by atoms with Gasteiger partial charge in [-0.2, -0.15) is 5.10 Å². The lowest BCUT2D eigenvalue weighted by atomic mass is 10.2. The number of nitrogens with zero attached hydrogens (tertiary/aromatic N) is 1. The van der Waals surface area contributed by atoms with Gasteiger partial charge in [-0.1, -0.05) is 0 Å². The van der Waals surface area contributed by atoms with Gasteiger partial charge in [0.2, 0.25) is 0 Å². The molecular weight excluding hydrogens is 210 g/mol. The normalized spacial score (nSPS) is 10.2. The second-order valence-corrected chi connectivity index (χ2v) is 3.18. The van der Waals surface area contributed by atoms with Crippen molar-refractivity contribution in [3.63, 3.8) is 0 Å². The van der Waals surface area contributed by atoms with Gasteiger partial charge in [-0.25, -0.2) is 0 Å². The number of thiocarbonyl (C=S) groups is 1. The van der Waals surface area contributed by atoms with Crippen molar-refractivity contribution in [1.82, 2.24) is 5.43 Å². The van der Waals surface area contributed by atoms with E-state index in [0.717, 1.165) is 11.3 Å². The molecular formula is C10H13N3OS. The van der Waals surface area contributed by atoms with Crippen molar-refractivity contribution in [3.05, 3.63) is 29.8 Å². The largest absolute Gasteiger partial charge is 0.494 e. The van der Waals surface area contributed by atoms with Crippen LogP contribution in [0.25, 0.3) is 0 Å². The molecule has 0 atom stereocenters. The quantitative estimate of drug-likeness (QED) is 0.458. The number of nitrogens with one attached hydrogen (secondary N) is 1. The lowest BCUT2D eigenvalue weighted by molar-refractivity contribution is 0.340. The smallest absolute Gasteiger partial charge is 0.184 e. The molecule has 15 heavy (non-hydrogen) atoms. The van der Waals surface area contributed by atoms with E-state index in [0.29, 0.717) is 6.61 Å². The van der Waals surface area contributed by atoms with Gasteiger partial charge in [0, 0.05) is 0 Å². The third-order valence-corrected chi connectivity index (χ3v) is 1.67. The van der Waals surface area contributed by atoms with E-state index in [-0.39, 0.29) is 5.11 Å². The molecule has 1 aromatic carbocycles. The van der Waals surface area contributed by atoms with Crippen LogP contribution < -0.4 is 15.9 Å². The minimum absolute atomic E-state index is 0.150. The molecule has 0 radical (unpaired) electrons. The summed E-state index contributed by atoms with van der Waals surface area (Å²) in [5, 5.41) is 3.98. The van der Waals surface area contributed by atoms with Crippen LogP contribution in [0.1, 0.15) is 12.5 Å². The Morgan fingerprint density at radius 3 is 2.73 bits per heavy atom. The van der Waals surface area contributed by atoms with Gasteiger partial charge in [0.25, 0.3) is 0 Å². The summed E-state index contributed by atoms with van der Waals surface area (Å²) >= 11 is 4.60. The maximum Gasteiger partial charge on any atom is 0.184 e. The van der Waals surface area contributed by atoms with Crippen molar-refractivity contribution in [2.24, 2.45) is 10.8 Å².